The van der Waals surface area contributed by atoms with Crippen LogP contribution in [0, 0.1) is 5.41 Å². The minimum atomic E-state index is -0.282. The number of rotatable bonds is 5. The van der Waals surface area contributed by atoms with E-state index in [1.807, 2.05) is 5.38 Å². The summed E-state index contributed by atoms with van der Waals surface area (Å²) in [6.07, 6.45) is 0. The molecule has 2 rings (SSSR count). The highest BCUT2D eigenvalue weighted by Gasteiger charge is 2.39. The Morgan fingerprint density at radius 3 is 2.94 bits per heavy atom. The Morgan fingerprint density at radius 2 is 2.44 bits per heavy atom. The van der Waals surface area contributed by atoms with E-state index in [1.54, 1.807) is 6.07 Å². The Morgan fingerprint density at radius 1 is 1.69 bits per heavy atom. The van der Waals surface area contributed by atoms with E-state index in [0.717, 1.165) is 0 Å². The van der Waals surface area contributed by atoms with Crippen LogP contribution in [0.2, 0.25) is 0 Å². The molecule has 0 aromatic carbocycles. The molecule has 1 aromatic rings. The van der Waals surface area contributed by atoms with Gasteiger partial charge in [-0.2, -0.15) is 0 Å². The first kappa shape index (κ1) is 11.6. The molecule has 0 unspecified atom stereocenters. The van der Waals surface area contributed by atoms with Gasteiger partial charge < -0.3 is 14.6 Å². The lowest BCUT2D eigenvalue weighted by Crippen LogP contribution is -2.49. The number of ketones is 1. The average molecular weight is 242 g/mol. The molecule has 0 aliphatic carbocycles. The molecule has 4 nitrogen and oxygen atoms in total. The Bertz CT molecular complexity index is 376. The topological polar surface area (TPSA) is 55.8 Å². The molecule has 1 aliphatic rings. The number of carbonyl (C=O) groups is 1. The van der Waals surface area contributed by atoms with E-state index in [1.165, 1.54) is 18.3 Å². The third kappa shape index (κ3) is 2.11. The fourth-order valence-corrected chi connectivity index (χ4v) is 2.25. The van der Waals surface area contributed by atoms with Crippen LogP contribution in [0.5, 0.6) is 5.75 Å². The van der Waals surface area contributed by atoms with Crippen LogP contribution < -0.4 is 4.74 Å². The van der Waals surface area contributed by atoms with Crippen LogP contribution in [0.3, 0.4) is 0 Å². The monoisotopic (exact) mass is 242 g/mol. The summed E-state index contributed by atoms with van der Waals surface area (Å²) in [5, 5.41) is 11.0. The van der Waals surface area contributed by atoms with E-state index in [0.29, 0.717) is 30.4 Å². The predicted octanol–water partition coefficient (Wildman–Crippen LogP) is 1.34. The first-order valence-electron chi connectivity index (χ1n) is 5.07. The molecular weight excluding hydrogens is 228 g/mol. The average Bonchev–Trinajstić information content (AvgIpc) is 2.65. The van der Waals surface area contributed by atoms with Crippen LogP contribution in [0.25, 0.3) is 0 Å². The summed E-state index contributed by atoms with van der Waals surface area (Å²) < 4.78 is 10.7. The predicted molar refractivity (Wildman–Crippen MR) is 60.2 cm³/mol. The smallest absolute Gasteiger partial charge is 0.173 e. The molecule has 0 atom stereocenters. The number of hydrogen-bond acceptors (Lipinski definition) is 5. The van der Waals surface area contributed by atoms with Crippen molar-refractivity contribution in [3.63, 3.8) is 0 Å². The second-order valence-electron chi connectivity index (χ2n) is 4.11. The zero-order chi connectivity index (χ0) is 11.6. The van der Waals surface area contributed by atoms with Crippen molar-refractivity contribution < 1.29 is 19.4 Å². The van der Waals surface area contributed by atoms with Gasteiger partial charge in [-0.25, -0.2) is 0 Å². The second kappa shape index (κ2) is 4.53. The minimum absolute atomic E-state index is 0.00732. The van der Waals surface area contributed by atoms with E-state index in [-0.39, 0.29) is 17.8 Å². The molecule has 1 N–H and O–H groups in total. The normalized spacial score (nSPS) is 17.9. The lowest BCUT2D eigenvalue weighted by molar-refractivity contribution is -0.153. The van der Waals surface area contributed by atoms with Crippen LogP contribution in [-0.2, 0) is 4.74 Å². The number of hydrogen-bond donors (Lipinski definition) is 1. The molecule has 16 heavy (non-hydrogen) atoms. The molecule has 1 fully saturated rings. The van der Waals surface area contributed by atoms with Crippen molar-refractivity contribution in [2.75, 3.05) is 26.4 Å². The first-order valence-corrected chi connectivity index (χ1v) is 5.95. The highest BCUT2D eigenvalue weighted by atomic mass is 32.1. The van der Waals surface area contributed by atoms with Gasteiger partial charge in [-0.1, -0.05) is 0 Å². The zero-order valence-corrected chi connectivity index (χ0v) is 9.88. The number of thiophene rings is 1. The minimum Gasteiger partial charge on any atom is -0.491 e. The molecule has 1 saturated heterocycles. The van der Waals surface area contributed by atoms with Crippen LogP contribution >= 0.6 is 11.3 Å². The van der Waals surface area contributed by atoms with Crippen molar-refractivity contribution in [3.05, 3.63) is 16.3 Å². The third-order valence-electron chi connectivity index (χ3n) is 2.63. The molecule has 0 amide bonds. The number of aliphatic hydroxyl groups is 1. The van der Waals surface area contributed by atoms with Gasteiger partial charge in [0, 0.05) is 6.92 Å². The highest BCUT2D eigenvalue weighted by molar-refractivity contribution is 7.12. The highest BCUT2D eigenvalue weighted by Crippen LogP contribution is 2.31. The van der Waals surface area contributed by atoms with Crippen LogP contribution in [0.4, 0.5) is 0 Å². The van der Waals surface area contributed by atoms with Gasteiger partial charge in [0.2, 0.25) is 0 Å². The van der Waals surface area contributed by atoms with Gasteiger partial charge in [0.05, 0.1) is 25.2 Å². The molecule has 0 radical (unpaired) electrons. The fourth-order valence-electron chi connectivity index (χ4n) is 1.51. The molecule has 0 bridgehead atoms. The lowest BCUT2D eigenvalue weighted by Gasteiger charge is -2.39. The maximum Gasteiger partial charge on any atom is 0.173 e. The Kier molecular flexibility index (Phi) is 3.28. The van der Waals surface area contributed by atoms with Gasteiger partial charge in [0.15, 0.2) is 5.78 Å². The summed E-state index contributed by atoms with van der Waals surface area (Å²) in [5.74, 6) is 0.616. The lowest BCUT2D eigenvalue weighted by atomic mass is 9.88. The molecule has 5 heteroatoms. The third-order valence-corrected chi connectivity index (χ3v) is 3.63. The maximum atomic E-state index is 11.3. The van der Waals surface area contributed by atoms with Crippen LogP contribution in [0.15, 0.2) is 11.4 Å². The molecule has 1 aliphatic heterocycles. The number of Topliss-reactive ketones (excluding diaryl/α,β-unsaturated/α-hetero) is 1. The van der Waals surface area contributed by atoms with Crippen molar-refractivity contribution in [2.24, 2.45) is 5.41 Å². The van der Waals surface area contributed by atoms with Crippen molar-refractivity contribution in [3.8, 4) is 5.75 Å². The van der Waals surface area contributed by atoms with E-state index >= 15 is 0 Å². The van der Waals surface area contributed by atoms with E-state index < -0.39 is 0 Å². The quantitative estimate of drug-likeness (QED) is 0.792. The summed E-state index contributed by atoms with van der Waals surface area (Å²) in [7, 11) is 0. The Balaban J connectivity index is 1.99. The summed E-state index contributed by atoms with van der Waals surface area (Å²) in [5.41, 5.74) is -0.282. The fraction of sp³-hybridized carbons (Fsp3) is 0.545. The molecule has 0 spiro atoms. The molecule has 0 saturated carbocycles. The molecule has 88 valence electrons. The van der Waals surface area contributed by atoms with Gasteiger partial charge in [0.1, 0.15) is 17.2 Å². The number of aliphatic hydroxyl groups excluding tert-OH is 1. The van der Waals surface area contributed by atoms with Crippen molar-refractivity contribution in [2.45, 2.75) is 6.92 Å². The maximum absolute atomic E-state index is 11.3. The summed E-state index contributed by atoms with van der Waals surface area (Å²) in [6.45, 7) is 2.99. The summed E-state index contributed by atoms with van der Waals surface area (Å²) in [6, 6.07) is 1.78. The van der Waals surface area contributed by atoms with Gasteiger partial charge in [0.25, 0.3) is 0 Å². The van der Waals surface area contributed by atoms with Gasteiger partial charge in [-0.15, -0.1) is 11.3 Å². The largest absolute Gasteiger partial charge is 0.491 e. The van der Waals surface area contributed by atoms with Gasteiger partial charge >= 0.3 is 0 Å². The van der Waals surface area contributed by atoms with Gasteiger partial charge in [-0.05, 0) is 11.4 Å². The summed E-state index contributed by atoms with van der Waals surface area (Å²) >= 11 is 1.37. The number of carbonyl (C=O) groups excluding carboxylic acids is 1. The van der Waals surface area contributed by atoms with E-state index in [4.69, 9.17) is 9.47 Å². The van der Waals surface area contributed by atoms with Crippen LogP contribution in [-0.4, -0.2) is 37.3 Å². The summed E-state index contributed by atoms with van der Waals surface area (Å²) in [4.78, 5) is 11.9. The zero-order valence-electron chi connectivity index (χ0n) is 9.06. The van der Waals surface area contributed by atoms with Crippen LogP contribution in [0.1, 0.15) is 16.6 Å². The Hall–Kier alpha value is -0.910. The van der Waals surface area contributed by atoms with E-state index in [2.05, 4.69) is 0 Å². The molecule has 2 heterocycles. The Labute approximate surface area is 97.8 Å². The number of ether oxygens (including phenoxy) is 2. The first-order chi connectivity index (χ1) is 7.67. The second-order valence-corrected chi connectivity index (χ2v) is 5.03. The molecular formula is C11H14O4S. The van der Waals surface area contributed by atoms with Gasteiger partial charge in [-0.3, -0.25) is 4.79 Å². The van der Waals surface area contributed by atoms with Crippen molar-refractivity contribution in [1.82, 2.24) is 0 Å². The van der Waals surface area contributed by atoms with Crippen molar-refractivity contribution in [1.29, 1.82) is 0 Å². The SMILES string of the molecule is CC(=O)c1sccc1OCC1(CO)COC1. The van der Waals surface area contributed by atoms with Crippen molar-refractivity contribution >= 4 is 17.1 Å². The standard InChI is InChI=1S/C11H14O4S/c1-8(13)10-9(2-3-16-10)15-7-11(4-12)5-14-6-11/h2-3,12H,4-7H2,1H3. The van der Waals surface area contributed by atoms with E-state index in [9.17, 15) is 9.90 Å². The molecule has 1 aromatic heterocycles.